The van der Waals surface area contributed by atoms with E-state index in [9.17, 15) is 14.4 Å². The summed E-state index contributed by atoms with van der Waals surface area (Å²) in [7, 11) is 0. The predicted octanol–water partition coefficient (Wildman–Crippen LogP) is 5.57. The molecule has 3 rings (SSSR count). The average Bonchev–Trinajstić information content (AvgIpc) is 3.72. The van der Waals surface area contributed by atoms with Crippen LogP contribution in [0.1, 0.15) is 15.9 Å². The van der Waals surface area contributed by atoms with E-state index in [0.717, 1.165) is 46.7 Å². The molecule has 0 aliphatic carbocycles. The second-order valence-electron chi connectivity index (χ2n) is 8.75. The van der Waals surface area contributed by atoms with Gasteiger partial charge < -0.3 is 14.2 Å². The maximum atomic E-state index is 13.0. The van der Waals surface area contributed by atoms with E-state index >= 15 is 0 Å². The molecule has 2 unspecified atom stereocenters. The first-order valence-corrected chi connectivity index (χ1v) is 19.8. The minimum atomic E-state index is -0.591. The lowest BCUT2D eigenvalue weighted by molar-refractivity contribution is -0.313. The molecule has 0 bridgehead atoms. The van der Waals surface area contributed by atoms with Crippen LogP contribution in [0.4, 0.5) is 0 Å². The molecule has 42 heavy (non-hydrogen) atoms. The third-order valence-electron chi connectivity index (χ3n) is 5.59. The zero-order valence-electron chi connectivity index (χ0n) is 23.2. The van der Waals surface area contributed by atoms with Gasteiger partial charge >= 0.3 is 17.9 Å². The minimum absolute atomic E-state index is 0.0165. The maximum Gasteiger partial charge on any atom is 0.338 e. The van der Waals surface area contributed by atoms with Gasteiger partial charge in [0.15, 0.2) is 0 Å². The highest BCUT2D eigenvalue weighted by molar-refractivity contribution is 8.21. The molecule has 14 heteroatoms. The van der Waals surface area contributed by atoms with Crippen LogP contribution in [0.2, 0.25) is 0 Å². The smallest absolute Gasteiger partial charge is 0.338 e. The molecule has 0 N–H and O–H groups in total. The van der Waals surface area contributed by atoms with Gasteiger partial charge in [-0.2, -0.15) is 23.5 Å². The molecule has 2 aliphatic rings. The SMILES string of the molecule is C=CC(=O)OC(COOCc1ccccc1C(=O)OCC(CSCC1SCCS1)OC(=O)C=C)CSCC1SCCS1. The maximum absolute atomic E-state index is 13.0. The summed E-state index contributed by atoms with van der Waals surface area (Å²) < 4.78 is 17.4. The van der Waals surface area contributed by atoms with Gasteiger partial charge in [0.2, 0.25) is 0 Å². The Bertz CT molecular complexity index is 1020. The van der Waals surface area contributed by atoms with Gasteiger partial charge in [-0.3, -0.25) is 0 Å². The van der Waals surface area contributed by atoms with Crippen LogP contribution in [0, 0.1) is 0 Å². The van der Waals surface area contributed by atoms with Gasteiger partial charge in [-0.1, -0.05) is 31.4 Å². The highest BCUT2D eigenvalue weighted by atomic mass is 32.2. The molecule has 2 fully saturated rings. The second-order valence-corrected chi connectivity index (χ2v) is 16.7. The molecule has 2 atom stereocenters. The summed E-state index contributed by atoms with van der Waals surface area (Å²) in [5.74, 6) is 5.96. The zero-order valence-corrected chi connectivity index (χ0v) is 28.1. The number of hydrogen-bond donors (Lipinski definition) is 0. The molecular formula is C28H36O8S6. The molecule has 0 saturated carbocycles. The topological polar surface area (TPSA) is 97.4 Å². The molecule has 0 radical (unpaired) electrons. The fourth-order valence-corrected chi connectivity index (χ4v) is 12.3. The highest BCUT2D eigenvalue weighted by Gasteiger charge is 2.22. The van der Waals surface area contributed by atoms with Crippen molar-refractivity contribution in [1.82, 2.24) is 0 Å². The molecule has 0 aromatic heterocycles. The summed E-state index contributed by atoms with van der Waals surface area (Å²) >= 11 is 11.1. The second kappa shape index (κ2) is 21.0. The van der Waals surface area contributed by atoms with Crippen LogP contribution in [0.15, 0.2) is 49.6 Å². The van der Waals surface area contributed by atoms with Gasteiger partial charge in [-0.15, -0.1) is 47.0 Å². The van der Waals surface area contributed by atoms with Gasteiger partial charge in [0, 0.05) is 58.2 Å². The molecule has 1 aromatic rings. The van der Waals surface area contributed by atoms with Crippen molar-refractivity contribution in [2.24, 2.45) is 0 Å². The lowest BCUT2D eigenvalue weighted by Crippen LogP contribution is -2.27. The summed E-state index contributed by atoms with van der Waals surface area (Å²) in [5, 5.41) is 0. The van der Waals surface area contributed by atoms with E-state index in [-0.39, 0.29) is 19.8 Å². The molecular weight excluding hydrogens is 657 g/mol. The number of esters is 3. The van der Waals surface area contributed by atoms with Gasteiger partial charge in [0.1, 0.15) is 32.0 Å². The van der Waals surface area contributed by atoms with E-state index in [1.165, 1.54) is 0 Å². The van der Waals surface area contributed by atoms with Gasteiger partial charge in [0.05, 0.1) is 14.7 Å². The number of carbonyl (C=O) groups is 3. The fourth-order valence-electron chi connectivity index (χ4n) is 3.58. The van der Waals surface area contributed by atoms with Gasteiger partial charge in [-0.25, -0.2) is 24.2 Å². The molecule has 2 saturated heterocycles. The van der Waals surface area contributed by atoms with Crippen LogP contribution in [0.25, 0.3) is 0 Å². The van der Waals surface area contributed by atoms with Crippen molar-refractivity contribution in [3.63, 3.8) is 0 Å². The van der Waals surface area contributed by atoms with E-state index in [0.29, 0.717) is 31.8 Å². The normalized spacial score (nSPS) is 17.0. The third-order valence-corrected chi connectivity index (χ3v) is 14.8. The Morgan fingerprint density at radius 2 is 1.33 bits per heavy atom. The van der Waals surface area contributed by atoms with E-state index < -0.39 is 30.1 Å². The number of rotatable bonds is 20. The summed E-state index contributed by atoms with van der Waals surface area (Å²) in [4.78, 5) is 47.4. The first-order valence-electron chi connectivity index (χ1n) is 13.3. The number of thioether (sulfide) groups is 6. The number of benzene rings is 1. The molecule has 0 spiro atoms. The van der Waals surface area contributed by atoms with Crippen LogP contribution >= 0.6 is 70.6 Å². The Morgan fingerprint density at radius 1 is 0.810 bits per heavy atom. The number of ether oxygens (including phenoxy) is 3. The van der Waals surface area contributed by atoms with E-state index in [2.05, 4.69) is 13.2 Å². The predicted molar refractivity (Wildman–Crippen MR) is 180 cm³/mol. The van der Waals surface area contributed by atoms with E-state index in [1.54, 1.807) is 47.8 Å². The van der Waals surface area contributed by atoms with Crippen molar-refractivity contribution in [2.75, 3.05) is 59.2 Å². The Morgan fingerprint density at radius 3 is 1.88 bits per heavy atom. The number of carbonyl (C=O) groups excluding carboxylic acids is 3. The minimum Gasteiger partial charge on any atom is -0.458 e. The first kappa shape index (κ1) is 35.6. The van der Waals surface area contributed by atoms with Crippen molar-refractivity contribution in [1.29, 1.82) is 0 Å². The average molecular weight is 693 g/mol. The number of hydrogen-bond acceptors (Lipinski definition) is 14. The summed E-state index contributed by atoms with van der Waals surface area (Å²) in [6.07, 6.45) is 1.13. The van der Waals surface area contributed by atoms with Crippen molar-refractivity contribution in [3.05, 3.63) is 60.7 Å². The van der Waals surface area contributed by atoms with Gasteiger partial charge in [-0.05, 0) is 11.6 Å². The van der Waals surface area contributed by atoms with Crippen LogP contribution < -0.4 is 0 Å². The highest BCUT2D eigenvalue weighted by Crippen LogP contribution is 2.35. The van der Waals surface area contributed by atoms with Crippen molar-refractivity contribution < 1.29 is 38.4 Å². The molecule has 2 aliphatic heterocycles. The summed E-state index contributed by atoms with van der Waals surface area (Å²) in [6, 6.07) is 6.89. The molecule has 0 amide bonds. The Hall–Kier alpha value is -0.870. The third kappa shape index (κ3) is 13.8. The van der Waals surface area contributed by atoms with Crippen LogP contribution in [-0.2, 0) is 40.2 Å². The van der Waals surface area contributed by atoms with Crippen molar-refractivity contribution in [3.8, 4) is 0 Å². The Kier molecular flexibility index (Phi) is 17.8. The fraction of sp³-hybridized carbons (Fsp3) is 0.536. The summed E-state index contributed by atoms with van der Waals surface area (Å²) in [6.45, 7) is 6.86. The zero-order chi connectivity index (χ0) is 30.0. The Balaban J connectivity index is 1.45. The lowest BCUT2D eigenvalue weighted by Gasteiger charge is -2.18. The van der Waals surface area contributed by atoms with Crippen molar-refractivity contribution in [2.45, 2.75) is 28.0 Å². The quantitative estimate of drug-likeness (QED) is 0.0426. The van der Waals surface area contributed by atoms with E-state index in [1.807, 2.05) is 47.0 Å². The van der Waals surface area contributed by atoms with Crippen molar-refractivity contribution >= 4 is 88.5 Å². The van der Waals surface area contributed by atoms with Crippen LogP contribution in [0.5, 0.6) is 0 Å². The molecule has 232 valence electrons. The molecule has 8 nitrogen and oxygen atoms in total. The lowest BCUT2D eigenvalue weighted by atomic mass is 10.1. The van der Waals surface area contributed by atoms with Gasteiger partial charge in [0.25, 0.3) is 0 Å². The standard InChI is InChI=1S/C28H36O8S6/c1-3-24(29)35-21(16-37-18-26-39-9-10-40-26)14-32-28(31)23-8-6-5-7-20(23)13-33-34-15-22(36-25(30)4-2)17-38-19-27-41-11-12-42-27/h3-8,21-22,26-27H,1-2,9-19H2. The monoisotopic (exact) mass is 692 g/mol. The van der Waals surface area contributed by atoms with Crippen LogP contribution in [0.3, 0.4) is 0 Å². The largest absolute Gasteiger partial charge is 0.458 e. The first-order chi connectivity index (χ1) is 20.5. The summed E-state index contributed by atoms with van der Waals surface area (Å²) in [5.41, 5.74) is 0.883. The van der Waals surface area contributed by atoms with Crippen LogP contribution in [-0.4, -0.2) is 98.5 Å². The van der Waals surface area contributed by atoms with E-state index in [4.69, 9.17) is 24.0 Å². The molecule has 1 aromatic carbocycles. The molecule has 2 heterocycles. The Labute approximate surface area is 273 Å².